The molecule has 3 rings (SSSR count). The lowest BCUT2D eigenvalue weighted by molar-refractivity contribution is 0.0691. The van der Waals surface area contributed by atoms with Crippen LogP contribution in [0.2, 0.25) is 5.02 Å². The van der Waals surface area contributed by atoms with Crippen LogP contribution in [-0.2, 0) is 0 Å². The number of carboxylic acids is 1. The highest BCUT2D eigenvalue weighted by atomic mass is 35.5. The lowest BCUT2D eigenvalue weighted by Crippen LogP contribution is -2.03. The second-order valence-electron chi connectivity index (χ2n) is 4.85. The summed E-state index contributed by atoms with van der Waals surface area (Å²) in [7, 11) is 0. The summed E-state index contributed by atoms with van der Waals surface area (Å²) in [5.74, 6) is -1.13. The predicted octanol–water partition coefficient (Wildman–Crippen LogP) is 3.59. The molecule has 2 aromatic carbocycles. The predicted molar refractivity (Wildman–Crippen MR) is 83.5 cm³/mol. The number of hydrogen-bond acceptors (Lipinski definition) is 3. The molecule has 0 atom stereocenters. The molecule has 0 amide bonds. The Bertz CT molecular complexity index is 858. The fourth-order valence-corrected chi connectivity index (χ4v) is 2.45. The molecular formula is C16H12ClN3O2. The van der Waals surface area contributed by atoms with Crippen LogP contribution in [0.15, 0.2) is 48.5 Å². The van der Waals surface area contributed by atoms with Crippen molar-refractivity contribution in [1.82, 2.24) is 15.0 Å². The van der Waals surface area contributed by atoms with Gasteiger partial charge in [0.1, 0.15) is 5.69 Å². The fraction of sp³-hybridized carbons (Fsp3) is 0.0625. The van der Waals surface area contributed by atoms with Gasteiger partial charge in [0.05, 0.1) is 5.69 Å². The minimum absolute atomic E-state index is 0.108. The van der Waals surface area contributed by atoms with Crippen molar-refractivity contribution in [3.05, 3.63) is 64.8 Å². The van der Waals surface area contributed by atoms with Crippen LogP contribution in [0.1, 0.15) is 16.1 Å². The van der Waals surface area contributed by atoms with E-state index in [9.17, 15) is 9.90 Å². The van der Waals surface area contributed by atoms with Gasteiger partial charge in [-0.2, -0.15) is 0 Å². The molecule has 0 unspecified atom stereocenters. The van der Waals surface area contributed by atoms with E-state index < -0.39 is 5.97 Å². The molecule has 0 aliphatic rings. The highest BCUT2D eigenvalue weighted by molar-refractivity contribution is 6.30. The molecule has 0 saturated heterocycles. The standard InChI is InChI=1S/C16H12ClN3O2/c1-10-4-2-7-13(8-10)20-15(14(16(21)22)18-19-20)11-5-3-6-12(17)9-11/h2-9H,1H3,(H,21,22). The third-order valence-corrected chi connectivity index (χ3v) is 3.45. The normalized spacial score (nSPS) is 10.6. The van der Waals surface area contributed by atoms with E-state index in [0.717, 1.165) is 11.3 Å². The SMILES string of the molecule is Cc1cccc(-n2nnc(C(=O)O)c2-c2cccc(Cl)c2)c1. The molecule has 110 valence electrons. The molecule has 1 N–H and O–H groups in total. The van der Waals surface area contributed by atoms with Crippen molar-refractivity contribution in [2.24, 2.45) is 0 Å². The summed E-state index contributed by atoms with van der Waals surface area (Å²) in [6.07, 6.45) is 0. The number of hydrogen-bond donors (Lipinski definition) is 1. The third kappa shape index (κ3) is 2.58. The van der Waals surface area contributed by atoms with Crippen LogP contribution in [0.5, 0.6) is 0 Å². The maximum absolute atomic E-state index is 11.4. The number of aromatic nitrogens is 3. The molecule has 6 heteroatoms. The summed E-state index contributed by atoms with van der Waals surface area (Å²) < 4.78 is 1.52. The molecule has 1 heterocycles. The van der Waals surface area contributed by atoms with Crippen molar-refractivity contribution < 1.29 is 9.90 Å². The van der Waals surface area contributed by atoms with Crippen LogP contribution in [0.25, 0.3) is 16.9 Å². The lowest BCUT2D eigenvalue weighted by atomic mass is 10.1. The Kier molecular flexibility index (Phi) is 3.65. The molecule has 0 bridgehead atoms. The first-order valence-electron chi connectivity index (χ1n) is 6.58. The first-order chi connectivity index (χ1) is 10.6. The van der Waals surface area contributed by atoms with Crippen molar-refractivity contribution in [3.8, 4) is 16.9 Å². The Morgan fingerprint density at radius 3 is 2.64 bits per heavy atom. The second kappa shape index (κ2) is 5.61. The van der Waals surface area contributed by atoms with Gasteiger partial charge in [0, 0.05) is 10.6 Å². The molecule has 0 radical (unpaired) electrons. The molecule has 1 aromatic heterocycles. The Morgan fingerprint density at radius 1 is 1.18 bits per heavy atom. The number of rotatable bonds is 3. The molecule has 0 aliphatic heterocycles. The minimum Gasteiger partial charge on any atom is -0.476 e. The first-order valence-corrected chi connectivity index (χ1v) is 6.96. The second-order valence-corrected chi connectivity index (χ2v) is 5.29. The monoisotopic (exact) mass is 313 g/mol. The molecule has 22 heavy (non-hydrogen) atoms. The van der Waals surface area contributed by atoms with E-state index >= 15 is 0 Å². The number of aryl methyl sites for hydroxylation is 1. The summed E-state index contributed by atoms with van der Waals surface area (Å²) >= 11 is 6.02. The third-order valence-electron chi connectivity index (χ3n) is 3.22. The lowest BCUT2D eigenvalue weighted by Gasteiger charge is -2.08. The van der Waals surface area contributed by atoms with Gasteiger partial charge in [-0.3, -0.25) is 0 Å². The maximum Gasteiger partial charge on any atom is 0.358 e. The van der Waals surface area contributed by atoms with Crippen LogP contribution in [0.4, 0.5) is 0 Å². The van der Waals surface area contributed by atoms with Crippen molar-refractivity contribution in [1.29, 1.82) is 0 Å². The van der Waals surface area contributed by atoms with Gasteiger partial charge in [-0.1, -0.05) is 41.1 Å². The van der Waals surface area contributed by atoms with Gasteiger partial charge < -0.3 is 5.11 Å². The van der Waals surface area contributed by atoms with Crippen LogP contribution in [-0.4, -0.2) is 26.1 Å². The van der Waals surface area contributed by atoms with Crippen molar-refractivity contribution in [2.75, 3.05) is 0 Å². The average molecular weight is 314 g/mol. The maximum atomic E-state index is 11.4. The summed E-state index contributed by atoms with van der Waals surface area (Å²) in [6, 6.07) is 14.6. The Hall–Kier alpha value is -2.66. The summed E-state index contributed by atoms with van der Waals surface area (Å²) in [4.78, 5) is 11.4. The van der Waals surface area contributed by atoms with E-state index in [4.69, 9.17) is 11.6 Å². The zero-order valence-corrected chi connectivity index (χ0v) is 12.4. The van der Waals surface area contributed by atoms with E-state index in [0.29, 0.717) is 16.3 Å². The van der Waals surface area contributed by atoms with Crippen LogP contribution < -0.4 is 0 Å². The van der Waals surface area contributed by atoms with Gasteiger partial charge in [-0.15, -0.1) is 5.10 Å². The molecule has 3 aromatic rings. The Balaban J connectivity index is 2.26. The largest absolute Gasteiger partial charge is 0.476 e. The number of nitrogens with zero attached hydrogens (tertiary/aromatic N) is 3. The molecule has 5 nitrogen and oxygen atoms in total. The van der Waals surface area contributed by atoms with Gasteiger partial charge in [0.2, 0.25) is 0 Å². The van der Waals surface area contributed by atoms with Crippen LogP contribution >= 0.6 is 11.6 Å². The molecular weight excluding hydrogens is 302 g/mol. The van der Waals surface area contributed by atoms with Crippen molar-refractivity contribution >= 4 is 17.6 Å². The molecule has 0 fully saturated rings. The summed E-state index contributed by atoms with van der Waals surface area (Å²) in [6.45, 7) is 1.96. The van der Waals surface area contributed by atoms with Gasteiger partial charge in [0.25, 0.3) is 0 Å². The number of aromatic carboxylic acids is 1. The zero-order chi connectivity index (χ0) is 15.7. The van der Waals surface area contributed by atoms with Crippen molar-refractivity contribution in [3.63, 3.8) is 0 Å². The summed E-state index contributed by atoms with van der Waals surface area (Å²) in [5, 5.41) is 17.7. The van der Waals surface area contributed by atoms with Gasteiger partial charge in [-0.25, -0.2) is 9.48 Å². The number of halogens is 1. The van der Waals surface area contributed by atoms with Crippen LogP contribution in [0.3, 0.4) is 0 Å². The van der Waals surface area contributed by atoms with E-state index in [1.165, 1.54) is 4.68 Å². The topological polar surface area (TPSA) is 68.0 Å². The molecule has 0 spiro atoms. The van der Waals surface area contributed by atoms with E-state index in [2.05, 4.69) is 10.3 Å². The molecule has 0 aliphatic carbocycles. The summed E-state index contributed by atoms with van der Waals surface area (Å²) in [5.41, 5.74) is 2.73. The quantitative estimate of drug-likeness (QED) is 0.802. The van der Waals surface area contributed by atoms with E-state index in [1.807, 2.05) is 31.2 Å². The zero-order valence-electron chi connectivity index (χ0n) is 11.7. The highest BCUT2D eigenvalue weighted by Crippen LogP contribution is 2.27. The van der Waals surface area contributed by atoms with E-state index in [-0.39, 0.29) is 5.69 Å². The first kappa shape index (κ1) is 14.3. The molecule has 0 saturated carbocycles. The Labute approximate surface area is 131 Å². The van der Waals surface area contributed by atoms with Crippen LogP contribution in [0, 0.1) is 6.92 Å². The fourth-order valence-electron chi connectivity index (χ4n) is 2.26. The van der Waals surface area contributed by atoms with Crippen molar-refractivity contribution in [2.45, 2.75) is 6.92 Å². The number of carboxylic acid groups (broad SMARTS) is 1. The number of carbonyl (C=O) groups is 1. The van der Waals surface area contributed by atoms with Gasteiger partial charge in [0.15, 0.2) is 5.69 Å². The minimum atomic E-state index is -1.13. The van der Waals surface area contributed by atoms with Gasteiger partial charge >= 0.3 is 5.97 Å². The smallest absolute Gasteiger partial charge is 0.358 e. The average Bonchev–Trinajstić information content (AvgIpc) is 2.92. The van der Waals surface area contributed by atoms with E-state index in [1.54, 1.807) is 24.3 Å². The highest BCUT2D eigenvalue weighted by Gasteiger charge is 2.21. The Morgan fingerprint density at radius 2 is 1.95 bits per heavy atom. The van der Waals surface area contributed by atoms with Gasteiger partial charge in [-0.05, 0) is 36.8 Å². The number of benzene rings is 2.